The van der Waals surface area contributed by atoms with Crippen LogP contribution in [-0.2, 0) is 4.79 Å². The number of nitrogens with zero attached hydrogens (tertiary/aromatic N) is 1. The number of halogens is 3. The van der Waals surface area contributed by atoms with E-state index in [4.69, 9.17) is 10.4 Å². The molecule has 0 atom stereocenters. The maximum atomic E-state index is 13.6. The van der Waals surface area contributed by atoms with E-state index < -0.39 is 29.7 Å². The van der Waals surface area contributed by atoms with Crippen molar-refractivity contribution in [1.29, 1.82) is 5.26 Å². The molecule has 0 unspecified atom stereocenters. The van der Waals surface area contributed by atoms with Gasteiger partial charge < -0.3 is 9.84 Å². The fourth-order valence-electron chi connectivity index (χ4n) is 1.16. The number of alkyl halides is 2. The van der Waals surface area contributed by atoms with E-state index in [1.165, 1.54) is 6.07 Å². The molecule has 1 rings (SSSR count). The van der Waals surface area contributed by atoms with Crippen molar-refractivity contribution in [1.82, 2.24) is 0 Å². The van der Waals surface area contributed by atoms with Gasteiger partial charge in [0.2, 0.25) is 0 Å². The van der Waals surface area contributed by atoms with E-state index in [1.54, 1.807) is 0 Å². The lowest BCUT2D eigenvalue weighted by Gasteiger charge is -2.09. The van der Waals surface area contributed by atoms with Crippen LogP contribution in [0.15, 0.2) is 18.2 Å². The number of carbonyl (C=O) groups is 1. The predicted molar refractivity (Wildman–Crippen MR) is 54.4 cm³/mol. The van der Waals surface area contributed by atoms with Gasteiger partial charge in [-0.3, -0.25) is 0 Å². The first-order chi connectivity index (χ1) is 8.45. The summed E-state index contributed by atoms with van der Waals surface area (Å²) in [6, 6.07) is 3.61. The SMILES string of the molecule is N#Cc1ccc(/C=C/C(=O)O)c(OC(F)F)c1F. The fourth-order valence-corrected chi connectivity index (χ4v) is 1.16. The summed E-state index contributed by atoms with van der Waals surface area (Å²) in [5, 5.41) is 16.9. The summed E-state index contributed by atoms with van der Waals surface area (Å²) in [5.41, 5.74) is -0.674. The fraction of sp³-hybridized carbons (Fsp3) is 0.0909. The van der Waals surface area contributed by atoms with E-state index in [9.17, 15) is 18.0 Å². The first-order valence-electron chi connectivity index (χ1n) is 4.54. The second-order valence-electron chi connectivity index (χ2n) is 3.01. The van der Waals surface area contributed by atoms with E-state index in [1.807, 2.05) is 0 Å². The molecule has 94 valence electrons. The minimum atomic E-state index is -3.29. The Labute approximate surface area is 99.5 Å². The van der Waals surface area contributed by atoms with E-state index in [0.29, 0.717) is 6.08 Å². The molecule has 0 amide bonds. The number of aliphatic carboxylic acids is 1. The van der Waals surface area contributed by atoms with Crippen LogP contribution < -0.4 is 4.74 Å². The largest absolute Gasteiger partial charge is 0.478 e. The lowest BCUT2D eigenvalue weighted by atomic mass is 10.1. The normalized spacial score (nSPS) is 10.6. The maximum absolute atomic E-state index is 13.6. The van der Waals surface area contributed by atoms with Gasteiger partial charge >= 0.3 is 12.6 Å². The second kappa shape index (κ2) is 5.72. The molecule has 0 radical (unpaired) electrons. The minimum absolute atomic E-state index is 0.200. The quantitative estimate of drug-likeness (QED) is 0.841. The van der Waals surface area contributed by atoms with Gasteiger partial charge in [-0.1, -0.05) is 0 Å². The van der Waals surface area contributed by atoms with E-state index >= 15 is 0 Å². The number of hydrogen-bond acceptors (Lipinski definition) is 3. The highest BCUT2D eigenvalue weighted by atomic mass is 19.3. The molecule has 0 aliphatic rings. The van der Waals surface area contributed by atoms with Crippen LogP contribution in [0.1, 0.15) is 11.1 Å². The van der Waals surface area contributed by atoms with Gasteiger partial charge in [0.15, 0.2) is 11.6 Å². The Morgan fingerprint density at radius 2 is 2.17 bits per heavy atom. The first kappa shape index (κ1) is 13.6. The first-order valence-corrected chi connectivity index (χ1v) is 4.54. The molecule has 0 fully saturated rings. The van der Waals surface area contributed by atoms with Crippen molar-refractivity contribution < 1.29 is 27.8 Å². The van der Waals surface area contributed by atoms with Gasteiger partial charge in [-0.15, -0.1) is 0 Å². The van der Waals surface area contributed by atoms with E-state index in [2.05, 4.69) is 4.74 Å². The molecule has 0 saturated carbocycles. The molecule has 0 bridgehead atoms. The summed E-state index contributed by atoms with van der Waals surface area (Å²) in [5.74, 6) is -3.45. The molecule has 7 heteroatoms. The number of rotatable bonds is 4. The Kier molecular flexibility index (Phi) is 4.32. The highest BCUT2D eigenvalue weighted by Gasteiger charge is 2.17. The van der Waals surface area contributed by atoms with Gasteiger partial charge in [-0.25, -0.2) is 9.18 Å². The molecular formula is C11H6F3NO3. The van der Waals surface area contributed by atoms with Gasteiger partial charge in [0, 0.05) is 11.6 Å². The van der Waals surface area contributed by atoms with E-state index in [-0.39, 0.29) is 5.56 Å². The molecule has 0 aliphatic heterocycles. The molecule has 0 aromatic heterocycles. The Balaban J connectivity index is 3.29. The topological polar surface area (TPSA) is 70.3 Å². The van der Waals surface area contributed by atoms with Crippen LogP contribution in [0.3, 0.4) is 0 Å². The van der Waals surface area contributed by atoms with Crippen LogP contribution in [0, 0.1) is 17.1 Å². The summed E-state index contributed by atoms with van der Waals surface area (Å²) in [6.07, 6.45) is 1.53. The summed E-state index contributed by atoms with van der Waals surface area (Å²) >= 11 is 0. The van der Waals surface area contributed by atoms with Crippen LogP contribution in [0.25, 0.3) is 6.08 Å². The molecule has 1 aromatic carbocycles. The van der Waals surface area contributed by atoms with E-state index in [0.717, 1.165) is 18.2 Å². The Morgan fingerprint density at radius 1 is 1.50 bits per heavy atom. The molecule has 4 nitrogen and oxygen atoms in total. The zero-order valence-electron chi connectivity index (χ0n) is 8.73. The zero-order valence-corrected chi connectivity index (χ0v) is 8.73. The molecular weight excluding hydrogens is 251 g/mol. The van der Waals surface area contributed by atoms with Crippen LogP contribution in [0.4, 0.5) is 13.2 Å². The summed E-state index contributed by atoms with van der Waals surface area (Å²) in [7, 11) is 0. The van der Waals surface area contributed by atoms with Gasteiger partial charge in [0.05, 0.1) is 5.56 Å². The number of hydrogen-bond donors (Lipinski definition) is 1. The third kappa shape index (κ3) is 3.25. The van der Waals surface area contributed by atoms with Crippen molar-refractivity contribution in [3.63, 3.8) is 0 Å². The molecule has 18 heavy (non-hydrogen) atoms. The maximum Gasteiger partial charge on any atom is 0.387 e. The molecule has 1 aromatic rings. The Hall–Kier alpha value is -2.49. The van der Waals surface area contributed by atoms with Crippen molar-refractivity contribution >= 4 is 12.0 Å². The minimum Gasteiger partial charge on any atom is -0.478 e. The average Bonchev–Trinajstić information content (AvgIpc) is 2.29. The third-order valence-corrected chi connectivity index (χ3v) is 1.86. The van der Waals surface area contributed by atoms with Gasteiger partial charge in [-0.05, 0) is 18.2 Å². The molecule has 0 spiro atoms. The summed E-state index contributed by atoms with van der Waals surface area (Å²) in [6.45, 7) is -3.29. The molecule has 0 heterocycles. The predicted octanol–water partition coefficient (Wildman–Crippen LogP) is 2.40. The van der Waals surface area contributed by atoms with Crippen LogP contribution in [0.5, 0.6) is 5.75 Å². The number of nitriles is 1. The number of ether oxygens (including phenoxy) is 1. The molecule has 0 saturated heterocycles. The standard InChI is InChI=1S/C11H6F3NO3/c12-9-7(5-15)2-1-6(3-4-8(16)17)10(9)18-11(13)14/h1-4,11H,(H,16,17)/b4-3+. The Bertz CT molecular complexity index is 535. The number of carboxylic acids is 1. The summed E-state index contributed by atoms with van der Waals surface area (Å²) < 4.78 is 41.7. The van der Waals surface area contributed by atoms with Crippen molar-refractivity contribution in [2.24, 2.45) is 0 Å². The van der Waals surface area contributed by atoms with Crippen molar-refractivity contribution in [2.45, 2.75) is 6.61 Å². The van der Waals surface area contributed by atoms with Gasteiger partial charge in [0.1, 0.15) is 6.07 Å². The highest BCUT2D eigenvalue weighted by Crippen LogP contribution is 2.28. The number of carboxylic acid groups (broad SMARTS) is 1. The number of benzene rings is 1. The second-order valence-corrected chi connectivity index (χ2v) is 3.01. The monoisotopic (exact) mass is 257 g/mol. The van der Waals surface area contributed by atoms with Crippen LogP contribution in [0.2, 0.25) is 0 Å². The smallest absolute Gasteiger partial charge is 0.387 e. The third-order valence-electron chi connectivity index (χ3n) is 1.86. The van der Waals surface area contributed by atoms with Crippen LogP contribution >= 0.6 is 0 Å². The van der Waals surface area contributed by atoms with Gasteiger partial charge in [0.25, 0.3) is 0 Å². The van der Waals surface area contributed by atoms with Crippen LogP contribution in [-0.4, -0.2) is 17.7 Å². The lowest BCUT2D eigenvalue weighted by Crippen LogP contribution is -2.06. The molecule has 0 aliphatic carbocycles. The lowest BCUT2D eigenvalue weighted by molar-refractivity contribution is -0.131. The average molecular weight is 257 g/mol. The van der Waals surface area contributed by atoms with Gasteiger partial charge in [-0.2, -0.15) is 14.0 Å². The highest BCUT2D eigenvalue weighted by molar-refractivity contribution is 5.86. The zero-order chi connectivity index (χ0) is 13.7. The van der Waals surface area contributed by atoms with Crippen molar-refractivity contribution in [3.8, 4) is 11.8 Å². The van der Waals surface area contributed by atoms with Crippen molar-refractivity contribution in [3.05, 3.63) is 35.2 Å². The molecule has 1 N–H and O–H groups in total. The van der Waals surface area contributed by atoms with Crippen molar-refractivity contribution in [2.75, 3.05) is 0 Å². The Morgan fingerprint density at radius 3 is 2.67 bits per heavy atom. The summed E-state index contributed by atoms with van der Waals surface area (Å²) in [4.78, 5) is 10.3.